The highest BCUT2D eigenvalue weighted by Crippen LogP contribution is 2.28. The number of carbonyl (C=O) groups is 1. The van der Waals surface area contributed by atoms with Crippen molar-refractivity contribution in [2.75, 3.05) is 13.2 Å². The van der Waals surface area contributed by atoms with Gasteiger partial charge in [-0.1, -0.05) is 13.8 Å². The van der Waals surface area contributed by atoms with Crippen molar-refractivity contribution in [1.29, 1.82) is 0 Å². The molecule has 90 valence electrons. The average molecular weight is 254 g/mol. The first-order chi connectivity index (χ1) is 6.88. The lowest BCUT2D eigenvalue weighted by molar-refractivity contribution is -0.150. The van der Waals surface area contributed by atoms with Gasteiger partial charge in [-0.15, -0.1) is 0 Å². The lowest BCUT2D eigenvalue weighted by Crippen LogP contribution is -2.42. The molecular formula is C9H18O4S2. The van der Waals surface area contributed by atoms with Gasteiger partial charge in [0.1, 0.15) is 17.5 Å². The average Bonchev–Trinajstić information content (AvgIpc) is 2.23. The summed E-state index contributed by atoms with van der Waals surface area (Å²) in [6.45, 7) is 2.90. The standard InChI is InChI=1S/C9H18O4S2/c1-3-9(15,6(2)14)8(12)13-5-7(11)4-10/h6-7,10-11,14-15H,3-5H2,1-2H3. The van der Waals surface area contributed by atoms with Gasteiger partial charge in [0, 0.05) is 5.25 Å². The number of hydrogen-bond acceptors (Lipinski definition) is 6. The molecule has 0 spiro atoms. The van der Waals surface area contributed by atoms with Crippen molar-refractivity contribution in [3.05, 3.63) is 0 Å². The number of aliphatic hydroxyl groups is 2. The Bertz CT molecular complexity index is 210. The highest BCUT2D eigenvalue weighted by molar-refractivity contribution is 7.86. The van der Waals surface area contributed by atoms with Crippen LogP contribution in [-0.4, -0.2) is 45.5 Å². The van der Waals surface area contributed by atoms with Crippen LogP contribution in [0.1, 0.15) is 20.3 Å². The van der Waals surface area contributed by atoms with E-state index in [1.54, 1.807) is 6.92 Å². The molecule has 6 heteroatoms. The molecule has 0 aliphatic carbocycles. The molecule has 2 N–H and O–H groups in total. The SMILES string of the molecule is CCC(S)(C(=O)OCC(O)CO)C(C)S. The van der Waals surface area contributed by atoms with E-state index in [1.165, 1.54) is 0 Å². The Kier molecular flexibility index (Phi) is 6.66. The van der Waals surface area contributed by atoms with E-state index in [0.29, 0.717) is 6.42 Å². The quantitative estimate of drug-likeness (QED) is 0.406. The Labute approximate surface area is 101 Å². The summed E-state index contributed by atoms with van der Waals surface area (Å²) in [5.74, 6) is -0.525. The van der Waals surface area contributed by atoms with E-state index in [1.807, 2.05) is 6.92 Å². The summed E-state index contributed by atoms with van der Waals surface area (Å²) in [7, 11) is 0. The molecule has 0 aliphatic heterocycles. The summed E-state index contributed by atoms with van der Waals surface area (Å²) < 4.78 is 3.88. The molecule has 3 atom stereocenters. The van der Waals surface area contributed by atoms with Crippen molar-refractivity contribution in [3.63, 3.8) is 0 Å². The van der Waals surface area contributed by atoms with Crippen LogP contribution in [0.4, 0.5) is 0 Å². The predicted octanol–water partition coefficient (Wildman–Crippen LogP) is 0.280. The minimum atomic E-state index is -1.04. The molecule has 0 saturated heterocycles. The van der Waals surface area contributed by atoms with Gasteiger partial charge in [-0.2, -0.15) is 25.3 Å². The van der Waals surface area contributed by atoms with Crippen molar-refractivity contribution < 1.29 is 19.7 Å². The maximum atomic E-state index is 11.6. The number of aliphatic hydroxyl groups excluding tert-OH is 2. The maximum Gasteiger partial charge on any atom is 0.323 e. The smallest absolute Gasteiger partial charge is 0.323 e. The van der Waals surface area contributed by atoms with Crippen LogP contribution >= 0.6 is 25.3 Å². The summed E-state index contributed by atoms with van der Waals surface area (Å²) in [6, 6.07) is 0. The monoisotopic (exact) mass is 254 g/mol. The molecule has 0 rings (SSSR count). The second-order valence-corrected chi connectivity index (χ2v) is 4.96. The largest absolute Gasteiger partial charge is 0.462 e. The third-order valence-corrected chi connectivity index (χ3v) is 3.73. The highest BCUT2D eigenvalue weighted by Gasteiger charge is 2.38. The third-order valence-electron chi connectivity index (χ3n) is 2.20. The fourth-order valence-corrected chi connectivity index (χ4v) is 1.31. The Balaban J connectivity index is 4.29. The van der Waals surface area contributed by atoms with Crippen molar-refractivity contribution >= 4 is 31.2 Å². The Morgan fingerprint density at radius 1 is 1.60 bits per heavy atom. The van der Waals surface area contributed by atoms with Gasteiger partial charge >= 0.3 is 5.97 Å². The topological polar surface area (TPSA) is 66.8 Å². The van der Waals surface area contributed by atoms with E-state index in [4.69, 9.17) is 14.9 Å². The summed E-state index contributed by atoms with van der Waals surface area (Å²) in [4.78, 5) is 11.6. The van der Waals surface area contributed by atoms with Crippen LogP contribution in [0.5, 0.6) is 0 Å². The molecule has 0 amide bonds. The Morgan fingerprint density at radius 3 is 2.47 bits per heavy atom. The maximum absolute atomic E-state index is 11.6. The summed E-state index contributed by atoms with van der Waals surface area (Å²) in [5.41, 5.74) is 0. The first-order valence-electron chi connectivity index (χ1n) is 4.75. The third kappa shape index (κ3) is 4.22. The van der Waals surface area contributed by atoms with Crippen molar-refractivity contribution in [1.82, 2.24) is 0 Å². The van der Waals surface area contributed by atoms with Crippen molar-refractivity contribution in [2.45, 2.75) is 36.4 Å². The van der Waals surface area contributed by atoms with Crippen LogP contribution < -0.4 is 0 Å². The van der Waals surface area contributed by atoms with E-state index in [2.05, 4.69) is 25.3 Å². The van der Waals surface area contributed by atoms with E-state index >= 15 is 0 Å². The minimum Gasteiger partial charge on any atom is -0.462 e. The van der Waals surface area contributed by atoms with Gasteiger partial charge in [-0.3, -0.25) is 4.79 Å². The number of carbonyl (C=O) groups excluding carboxylic acids is 1. The van der Waals surface area contributed by atoms with Crippen molar-refractivity contribution in [2.24, 2.45) is 0 Å². The Hall–Kier alpha value is 0.0900. The summed E-state index contributed by atoms with van der Waals surface area (Å²) >= 11 is 8.42. The van der Waals surface area contributed by atoms with E-state index in [9.17, 15) is 4.79 Å². The lowest BCUT2D eigenvalue weighted by Gasteiger charge is -2.28. The molecule has 0 fully saturated rings. The van der Waals surface area contributed by atoms with Crippen LogP contribution in [-0.2, 0) is 9.53 Å². The molecule has 0 aromatic carbocycles. The molecule has 0 saturated carbocycles. The molecule has 0 aromatic heterocycles. The van der Waals surface area contributed by atoms with Crippen LogP contribution in [0.15, 0.2) is 0 Å². The zero-order chi connectivity index (χ0) is 12.1. The number of ether oxygens (including phenoxy) is 1. The van der Waals surface area contributed by atoms with Crippen molar-refractivity contribution in [3.8, 4) is 0 Å². The van der Waals surface area contributed by atoms with Gasteiger partial charge in [0.05, 0.1) is 6.61 Å². The fourth-order valence-electron chi connectivity index (χ4n) is 0.960. The second-order valence-electron chi connectivity index (χ2n) is 3.39. The first-order valence-corrected chi connectivity index (χ1v) is 5.71. The molecule has 0 bridgehead atoms. The first kappa shape index (κ1) is 15.1. The van der Waals surface area contributed by atoms with Gasteiger partial charge in [-0.05, 0) is 6.42 Å². The lowest BCUT2D eigenvalue weighted by atomic mass is 10.0. The molecular weight excluding hydrogens is 236 g/mol. The molecule has 0 radical (unpaired) electrons. The fraction of sp³-hybridized carbons (Fsp3) is 0.889. The number of hydrogen-bond donors (Lipinski definition) is 4. The molecule has 0 heterocycles. The van der Waals surface area contributed by atoms with Gasteiger partial charge in [0.25, 0.3) is 0 Å². The molecule has 3 unspecified atom stereocenters. The zero-order valence-electron chi connectivity index (χ0n) is 8.88. The number of esters is 1. The normalized spacial score (nSPS) is 19.1. The summed E-state index contributed by atoms with van der Waals surface area (Å²) in [5, 5.41) is 17.3. The van der Waals surface area contributed by atoms with Crippen LogP contribution in [0.2, 0.25) is 0 Å². The molecule has 15 heavy (non-hydrogen) atoms. The number of thiol groups is 2. The zero-order valence-corrected chi connectivity index (χ0v) is 10.7. The number of rotatable bonds is 6. The van der Waals surface area contributed by atoms with Gasteiger partial charge in [0.2, 0.25) is 0 Å². The Morgan fingerprint density at radius 2 is 2.13 bits per heavy atom. The van der Waals surface area contributed by atoms with Crippen LogP contribution in [0, 0.1) is 0 Å². The van der Waals surface area contributed by atoms with E-state index < -0.39 is 23.4 Å². The second kappa shape index (κ2) is 6.62. The highest BCUT2D eigenvalue weighted by atomic mass is 32.1. The van der Waals surface area contributed by atoms with Gasteiger partial charge < -0.3 is 14.9 Å². The van der Waals surface area contributed by atoms with Crippen LogP contribution in [0.25, 0.3) is 0 Å². The molecule has 4 nitrogen and oxygen atoms in total. The molecule has 0 aliphatic rings. The molecule has 0 aromatic rings. The van der Waals surface area contributed by atoms with E-state index in [-0.39, 0.29) is 11.9 Å². The van der Waals surface area contributed by atoms with Gasteiger partial charge in [-0.25, -0.2) is 0 Å². The summed E-state index contributed by atoms with van der Waals surface area (Å²) in [6.07, 6.45) is -0.562. The van der Waals surface area contributed by atoms with Gasteiger partial charge in [0.15, 0.2) is 0 Å². The predicted molar refractivity (Wildman–Crippen MR) is 64.5 cm³/mol. The minimum absolute atomic E-state index is 0.224. The van der Waals surface area contributed by atoms with E-state index in [0.717, 1.165) is 0 Å². The van der Waals surface area contributed by atoms with Crippen LogP contribution in [0.3, 0.4) is 0 Å².